The number of ether oxygens (including phenoxy) is 2. The lowest BCUT2D eigenvalue weighted by Gasteiger charge is -2.12. The lowest BCUT2D eigenvalue weighted by Crippen LogP contribution is -2.01. The van der Waals surface area contributed by atoms with E-state index in [9.17, 15) is 0 Å². The van der Waals surface area contributed by atoms with Crippen LogP contribution >= 0.6 is 23.1 Å². The number of hydrogen-bond donors (Lipinski definition) is 0. The molecule has 0 saturated heterocycles. The maximum absolute atomic E-state index is 5.50. The molecule has 0 fully saturated rings. The fraction of sp³-hybridized carbons (Fsp3) is 0.160. The van der Waals surface area contributed by atoms with Crippen molar-refractivity contribution in [1.29, 1.82) is 0 Å². The zero-order chi connectivity index (χ0) is 22.8. The van der Waals surface area contributed by atoms with Crippen molar-refractivity contribution in [2.24, 2.45) is 0 Å². The Hall–Kier alpha value is -3.36. The molecule has 0 unspecified atom stereocenters. The minimum Gasteiger partial charge on any atom is -0.493 e. The fourth-order valence-corrected chi connectivity index (χ4v) is 5.51. The van der Waals surface area contributed by atoms with Gasteiger partial charge in [0.15, 0.2) is 11.5 Å². The van der Waals surface area contributed by atoms with E-state index in [4.69, 9.17) is 14.5 Å². The average Bonchev–Trinajstić information content (AvgIpc) is 3.48. The summed E-state index contributed by atoms with van der Waals surface area (Å²) in [6, 6.07) is 18.4. The van der Waals surface area contributed by atoms with Crippen LogP contribution in [0.2, 0.25) is 0 Å². The van der Waals surface area contributed by atoms with Gasteiger partial charge in [-0.05, 0) is 30.0 Å². The monoisotopic (exact) mass is 474 g/mol. The van der Waals surface area contributed by atoms with Crippen LogP contribution in [0.5, 0.6) is 11.5 Å². The Morgan fingerprint density at radius 1 is 0.939 bits per heavy atom. The highest BCUT2D eigenvalue weighted by Gasteiger charge is 2.19. The van der Waals surface area contributed by atoms with E-state index in [1.165, 1.54) is 0 Å². The van der Waals surface area contributed by atoms with E-state index in [0.29, 0.717) is 18.0 Å². The van der Waals surface area contributed by atoms with Gasteiger partial charge in [-0.1, -0.05) is 36.4 Å². The first-order chi connectivity index (χ1) is 16.2. The third-order valence-corrected chi connectivity index (χ3v) is 7.17. The van der Waals surface area contributed by atoms with Crippen LogP contribution in [0.25, 0.3) is 32.0 Å². The van der Waals surface area contributed by atoms with E-state index in [1.807, 2.05) is 42.9 Å². The second kappa shape index (κ2) is 9.25. The van der Waals surface area contributed by atoms with Crippen LogP contribution in [0.1, 0.15) is 5.56 Å². The minimum absolute atomic E-state index is 0.644. The SMILES string of the molecule is COc1ccc(Cn2cnc(-c3ccccc3)c2-c2cc3c(SC)ncnc3s2)cc1OC. The van der Waals surface area contributed by atoms with Crippen molar-refractivity contribution in [2.75, 3.05) is 20.5 Å². The van der Waals surface area contributed by atoms with Crippen molar-refractivity contribution >= 4 is 33.3 Å². The van der Waals surface area contributed by atoms with E-state index in [1.54, 1.807) is 43.6 Å². The van der Waals surface area contributed by atoms with E-state index in [0.717, 1.165) is 42.6 Å². The van der Waals surface area contributed by atoms with Crippen LogP contribution in [0.3, 0.4) is 0 Å². The lowest BCUT2D eigenvalue weighted by atomic mass is 10.1. The molecule has 0 bridgehead atoms. The summed E-state index contributed by atoms with van der Waals surface area (Å²) >= 11 is 3.29. The summed E-state index contributed by atoms with van der Waals surface area (Å²) < 4.78 is 13.1. The van der Waals surface area contributed by atoms with Gasteiger partial charge >= 0.3 is 0 Å². The zero-order valence-corrected chi connectivity index (χ0v) is 20.1. The van der Waals surface area contributed by atoms with Gasteiger partial charge in [0.25, 0.3) is 0 Å². The molecule has 0 amide bonds. The Morgan fingerprint density at radius 2 is 1.76 bits per heavy atom. The van der Waals surface area contributed by atoms with Gasteiger partial charge in [0.1, 0.15) is 16.2 Å². The highest BCUT2D eigenvalue weighted by atomic mass is 32.2. The molecule has 0 aliphatic heterocycles. The van der Waals surface area contributed by atoms with Crippen molar-refractivity contribution in [1.82, 2.24) is 19.5 Å². The molecule has 0 atom stereocenters. The fourth-order valence-electron chi connectivity index (χ4n) is 3.86. The van der Waals surface area contributed by atoms with Gasteiger partial charge in [-0.25, -0.2) is 15.0 Å². The third-order valence-electron chi connectivity index (χ3n) is 5.41. The Kier molecular flexibility index (Phi) is 6.02. The second-order valence-electron chi connectivity index (χ2n) is 7.34. The number of rotatable bonds is 7. The first-order valence-corrected chi connectivity index (χ1v) is 12.4. The molecule has 33 heavy (non-hydrogen) atoms. The van der Waals surface area contributed by atoms with Crippen LogP contribution in [-0.4, -0.2) is 40.0 Å². The molecule has 8 heteroatoms. The van der Waals surface area contributed by atoms with Crippen LogP contribution in [-0.2, 0) is 6.54 Å². The Labute approximate surface area is 200 Å². The number of benzene rings is 2. The molecule has 5 rings (SSSR count). The molecule has 2 aromatic carbocycles. The zero-order valence-electron chi connectivity index (χ0n) is 18.5. The van der Waals surface area contributed by atoms with Crippen LogP contribution in [0.15, 0.2) is 72.3 Å². The van der Waals surface area contributed by atoms with Gasteiger partial charge in [-0.3, -0.25) is 0 Å². The Morgan fingerprint density at radius 3 is 2.52 bits per heavy atom. The van der Waals surface area contributed by atoms with Crippen molar-refractivity contribution in [3.63, 3.8) is 0 Å². The Balaban J connectivity index is 1.65. The number of aromatic nitrogens is 4. The summed E-state index contributed by atoms with van der Waals surface area (Å²) in [4.78, 5) is 15.9. The molecule has 0 saturated carbocycles. The molecular weight excluding hydrogens is 452 g/mol. The number of nitrogens with zero attached hydrogens (tertiary/aromatic N) is 4. The van der Waals surface area contributed by atoms with Gasteiger partial charge in [0.2, 0.25) is 0 Å². The number of thioether (sulfide) groups is 1. The minimum atomic E-state index is 0.644. The number of fused-ring (bicyclic) bond motifs is 1. The van der Waals surface area contributed by atoms with Gasteiger partial charge in [-0.2, -0.15) is 0 Å². The second-order valence-corrected chi connectivity index (χ2v) is 9.16. The summed E-state index contributed by atoms with van der Waals surface area (Å²) in [6.07, 6.45) is 5.57. The first kappa shape index (κ1) is 21.5. The predicted octanol–water partition coefficient (Wildman–Crippen LogP) is 6.01. The average molecular weight is 475 g/mol. The van der Waals surface area contributed by atoms with Crippen molar-refractivity contribution in [3.8, 4) is 33.3 Å². The van der Waals surface area contributed by atoms with Crippen molar-refractivity contribution in [2.45, 2.75) is 11.6 Å². The predicted molar refractivity (Wildman–Crippen MR) is 135 cm³/mol. The highest BCUT2D eigenvalue weighted by Crippen LogP contribution is 2.40. The van der Waals surface area contributed by atoms with E-state index < -0.39 is 0 Å². The number of hydrogen-bond acceptors (Lipinski definition) is 7. The molecule has 0 spiro atoms. The summed E-state index contributed by atoms with van der Waals surface area (Å²) in [5, 5.41) is 2.05. The molecule has 166 valence electrons. The maximum Gasteiger partial charge on any atom is 0.161 e. The highest BCUT2D eigenvalue weighted by molar-refractivity contribution is 7.98. The van der Waals surface area contributed by atoms with Crippen LogP contribution in [0.4, 0.5) is 0 Å². The smallest absolute Gasteiger partial charge is 0.161 e. The van der Waals surface area contributed by atoms with Crippen molar-refractivity contribution in [3.05, 3.63) is 72.8 Å². The Bertz CT molecular complexity index is 1410. The molecule has 0 N–H and O–H groups in total. The largest absolute Gasteiger partial charge is 0.493 e. The van der Waals surface area contributed by atoms with Gasteiger partial charge in [0.05, 0.1) is 36.8 Å². The normalized spacial score (nSPS) is 11.1. The van der Waals surface area contributed by atoms with Crippen LogP contribution in [0, 0.1) is 0 Å². The van der Waals surface area contributed by atoms with E-state index >= 15 is 0 Å². The first-order valence-electron chi connectivity index (χ1n) is 10.3. The van der Waals surface area contributed by atoms with Gasteiger partial charge < -0.3 is 14.0 Å². The summed E-state index contributed by atoms with van der Waals surface area (Å²) in [6.45, 7) is 0.644. The number of imidazole rings is 1. The van der Waals surface area contributed by atoms with E-state index in [2.05, 4.69) is 38.8 Å². The number of methoxy groups -OCH3 is 2. The molecule has 5 aromatic rings. The van der Waals surface area contributed by atoms with Gasteiger partial charge in [0, 0.05) is 17.5 Å². The number of thiophene rings is 1. The van der Waals surface area contributed by atoms with Crippen LogP contribution < -0.4 is 9.47 Å². The van der Waals surface area contributed by atoms with Gasteiger partial charge in [-0.15, -0.1) is 23.1 Å². The van der Waals surface area contributed by atoms with Crippen molar-refractivity contribution < 1.29 is 9.47 Å². The molecule has 0 radical (unpaired) electrons. The molecule has 0 aliphatic carbocycles. The summed E-state index contributed by atoms with van der Waals surface area (Å²) in [5.74, 6) is 1.42. The molecule has 3 aromatic heterocycles. The molecule has 3 heterocycles. The lowest BCUT2D eigenvalue weighted by molar-refractivity contribution is 0.354. The maximum atomic E-state index is 5.50. The molecular formula is C25H22N4O2S2. The summed E-state index contributed by atoms with van der Waals surface area (Å²) in [7, 11) is 3.30. The molecule has 0 aliphatic rings. The quantitative estimate of drug-likeness (QED) is 0.213. The third kappa shape index (κ3) is 4.07. The topological polar surface area (TPSA) is 62.1 Å². The van der Waals surface area contributed by atoms with E-state index in [-0.39, 0.29) is 0 Å². The standard InChI is InChI=1S/C25H22N4O2S2/c1-30-19-10-9-16(11-20(19)31-2)13-29-15-28-22(17-7-5-4-6-8-17)23(29)21-12-18-24(32-3)26-14-27-25(18)33-21/h4-12,14-15H,13H2,1-3H3. The molecule has 6 nitrogen and oxygen atoms in total. The summed E-state index contributed by atoms with van der Waals surface area (Å²) in [5.41, 5.74) is 4.18.